The standard InChI is InChI=1S/C29H32N4O4S/c1-29(2,3)37-28(36)33-16-21(18-7-5-4-6-8-18)15-24(33)26(35)32-27-31-23(17-38-27)19-9-11-20(12-10-19)25(34)30-22-13-14-22/h4-12,17,21-22,24H,13-16H2,1-3H3,(H,30,34)(H,31,32,35)/t21-,24-/m0/s1. The van der Waals surface area contributed by atoms with Gasteiger partial charge in [0, 0.05) is 35.0 Å². The van der Waals surface area contributed by atoms with Crippen LogP contribution >= 0.6 is 11.3 Å². The number of likely N-dealkylation sites (tertiary alicyclic amines) is 1. The first-order chi connectivity index (χ1) is 18.2. The molecule has 1 aromatic heterocycles. The number of aromatic nitrogens is 1. The maximum absolute atomic E-state index is 13.4. The van der Waals surface area contributed by atoms with Gasteiger partial charge in [-0.25, -0.2) is 9.78 Å². The van der Waals surface area contributed by atoms with Crippen LogP contribution in [0.5, 0.6) is 0 Å². The lowest BCUT2D eigenvalue weighted by molar-refractivity contribution is -0.120. The minimum absolute atomic E-state index is 0.0296. The fourth-order valence-corrected chi connectivity index (χ4v) is 5.24. The highest BCUT2D eigenvalue weighted by Crippen LogP contribution is 2.34. The van der Waals surface area contributed by atoms with Crippen LogP contribution in [-0.2, 0) is 9.53 Å². The number of hydrogen-bond donors (Lipinski definition) is 2. The van der Waals surface area contributed by atoms with E-state index < -0.39 is 17.7 Å². The molecule has 2 N–H and O–H groups in total. The first kappa shape index (κ1) is 25.9. The van der Waals surface area contributed by atoms with Gasteiger partial charge in [-0.1, -0.05) is 42.5 Å². The molecular formula is C29H32N4O4S. The zero-order chi connectivity index (χ0) is 26.9. The highest BCUT2D eigenvalue weighted by atomic mass is 32.1. The van der Waals surface area contributed by atoms with E-state index in [1.807, 2.05) is 68.6 Å². The summed E-state index contributed by atoms with van der Waals surface area (Å²) in [5.74, 6) is -0.325. The highest BCUT2D eigenvalue weighted by molar-refractivity contribution is 7.14. The van der Waals surface area contributed by atoms with E-state index in [0.717, 1.165) is 24.0 Å². The molecule has 1 aliphatic carbocycles. The molecule has 1 saturated heterocycles. The summed E-state index contributed by atoms with van der Waals surface area (Å²) in [6, 6.07) is 16.8. The Labute approximate surface area is 226 Å². The lowest BCUT2D eigenvalue weighted by atomic mass is 9.96. The molecule has 2 aliphatic rings. The monoisotopic (exact) mass is 532 g/mol. The number of rotatable bonds is 6. The molecule has 5 rings (SSSR count). The molecule has 3 amide bonds. The van der Waals surface area contributed by atoms with Gasteiger partial charge < -0.3 is 15.4 Å². The van der Waals surface area contributed by atoms with Crippen LogP contribution in [0.25, 0.3) is 11.3 Å². The largest absolute Gasteiger partial charge is 0.444 e. The van der Waals surface area contributed by atoms with Crippen molar-refractivity contribution in [2.75, 3.05) is 11.9 Å². The Balaban J connectivity index is 1.28. The minimum atomic E-state index is -0.674. The predicted molar refractivity (Wildman–Crippen MR) is 147 cm³/mol. The number of benzene rings is 2. The van der Waals surface area contributed by atoms with E-state index in [-0.39, 0.29) is 17.7 Å². The lowest BCUT2D eigenvalue weighted by Crippen LogP contribution is -2.45. The average Bonchev–Trinajstić information content (AvgIpc) is 3.38. The summed E-state index contributed by atoms with van der Waals surface area (Å²) in [6.07, 6.45) is 2.08. The molecule has 8 nitrogen and oxygen atoms in total. The van der Waals surface area contributed by atoms with Gasteiger partial charge in [0.15, 0.2) is 5.13 Å². The molecule has 9 heteroatoms. The van der Waals surface area contributed by atoms with Gasteiger partial charge in [0.1, 0.15) is 11.6 Å². The fourth-order valence-electron chi connectivity index (χ4n) is 4.51. The first-order valence-electron chi connectivity index (χ1n) is 12.9. The van der Waals surface area contributed by atoms with Crippen molar-refractivity contribution in [1.29, 1.82) is 0 Å². The van der Waals surface area contributed by atoms with E-state index in [1.165, 1.54) is 16.2 Å². The molecule has 1 saturated carbocycles. The van der Waals surface area contributed by atoms with Crippen molar-refractivity contribution >= 4 is 34.4 Å². The van der Waals surface area contributed by atoms with Gasteiger partial charge in [0.25, 0.3) is 5.91 Å². The van der Waals surface area contributed by atoms with Crippen LogP contribution in [0.15, 0.2) is 60.0 Å². The molecule has 0 bridgehead atoms. The van der Waals surface area contributed by atoms with Crippen LogP contribution in [-0.4, -0.2) is 52.0 Å². The number of nitrogens with zero attached hydrogens (tertiary/aromatic N) is 2. The topological polar surface area (TPSA) is 101 Å². The van der Waals surface area contributed by atoms with Crippen molar-refractivity contribution in [3.05, 3.63) is 71.1 Å². The molecule has 3 aromatic rings. The number of amides is 3. The Morgan fingerprint density at radius 1 is 1.03 bits per heavy atom. The van der Waals surface area contributed by atoms with Crippen LogP contribution in [0.4, 0.5) is 9.93 Å². The number of ether oxygens (including phenoxy) is 1. The number of thiazole rings is 1. The summed E-state index contributed by atoms with van der Waals surface area (Å²) < 4.78 is 5.61. The van der Waals surface area contributed by atoms with Gasteiger partial charge in [-0.3, -0.25) is 14.5 Å². The third-order valence-corrected chi connectivity index (χ3v) is 7.35. The molecule has 0 radical (unpaired) electrons. The number of carbonyl (C=O) groups is 3. The Kier molecular flexibility index (Phi) is 7.21. The van der Waals surface area contributed by atoms with Crippen molar-refractivity contribution < 1.29 is 19.1 Å². The molecular weight excluding hydrogens is 500 g/mol. The minimum Gasteiger partial charge on any atom is -0.444 e. The van der Waals surface area contributed by atoms with Crippen molar-refractivity contribution in [3.8, 4) is 11.3 Å². The molecule has 2 heterocycles. The Morgan fingerprint density at radius 2 is 1.74 bits per heavy atom. The van der Waals surface area contributed by atoms with Crippen molar-refractivity contribution in [3.63, 3.8) is 0 Å². The highest BCUT2D eigenvalue weighted by Gasteiger charge is 2.42. The summed E-state index contributed by atoms with van der Waals surface area (Å²) in [5, 5.41) is 8.20. The van der Waals surface area contributed by atoms with Gasteiger partial charge >= 0.3 is 6.09 Å². The molecule has 2 fully saturated rings. The maximum Gasteiger partial charge on any atom is 0.410 e. The molecule has 0 spiro atoms. The summed E-state index contributed by atoms with van der Waals surface area (Å²) in [6.45, 7) is 5.84. The summed E-state index contributed by atoms with van der Waals surface area (Å²) >= 11 is 1.32. The van der Waals surface area contributed by atoms with E-state index in [4.69, 9.17) is 4.74 Å². The number of carbonyl (C=O) groups excluding carboxylic acids is 3. The van der Waals surface area contributed by atoms with Gasteiger partial charge in [0.05, 0.1) is 5.69 Å². The summed E-state index contributed by atoms with van der Waals surface area (Å²) in [4.78, 5) is 44.8. The van der Waals surface area contributed by atoms with E-state index >= 15 is 0 Å². The normalized spacial score (nSPS) is 19.2. The third-order valence-electron chi connectivity index (χ3n) is 6.59. The summed E-state index contributed by atoms with van der Waals surface area (Å²) in [5.41, 5.74) is 2.59. The van der Waals surface area contributed by atoms with Gasteiger partial charge in [0.2, 0.25) is 5.91 Å². The summed E-state index contributed by atoms with van der Waals surface area (Å²) in [7, 11) is 0. The fraction of sp³-hybridized carbons (Fsp3) is 0.379. The zero-order valence-corrected chi connectivity index (χ0v) is 22.6. The van der Waals surface area contributed by atoms with Gasteiger partial charge in [-0.2, -0.15) is 0 Å². The molecule has 2 aromatic carbocycles. The van der Waals surface area contributed by atoms with E-state index in [2.05, 4.69) is 15.6 Å². The molecule has 38 heavy (non-hydrogen) atoms. The number of anilines is 1. The van der Waals surface area contributed by atoms with E-state index in [1.54, 1.807) is 12.1 Å². The maximum atomic E-state index is 13.4. The van der Waals surface area contributed by atoms with Crippen LogP contribution in [0, 0.1) is 0 Å². The quantitative estimate of drug-likeness (QED) is 0.441. The van der Waals surface area contributed by atoms with Crippen LogP contribution in [0.1, 0.15) is 61.9 Å². The average molecular weight is 533 g/mol. The van der Waals surface area contributed by atoms with E-state index in [9.17, 15) is 14.4 Å². The molecule has 2 atom stereocenters. The zero-order valence-electron chi connectivity index (χ0n) is 21.8. The van der Waals surface area contributed by atoms with Gasteiger partial charge in [-0.05, 0) is 57.7 Å². The van der Waals surface area contributed by atoms with Crippen LogP contribution in [0.3, 0.4) is 0 Å². The molecule has 0 unspecified atom stereocenters. The second-order valence-corrected chi connectivity index (χ2v) is 11.7. The SMILES string of the molecule is CC(C)(C)OC(=O)N1C[C@@H](c2ccccc2)C[C@H]1C(=O)Nc1nc(-c2ccc(C(=O)NC3CC3)cc2)cs1. The second kappa shape index (κ2) is 10.6. The van der Waals surface area contributed by atoms with E-state index in [0.29, 0.717) is 35.4 Å². The van der Waals surface area contributed by atoms with Crippen LogP contribution in [0.2, 0.25) is 0 Å². The Morgan fingerprint density at radius 3 is 2.39 bits per heavy atom. The second-order valence-electron chi connectivity index (χ2n) is 10.8. The first-order valence-corrected chi connectivity index (χ1v) is 13.8. The van der Waals surface area contributed by atoms with Crippen molar-refractivity contribution in [1.82, 2.24) is 15.2 Å². The Bertz CT molecular complexity index is 1310. The van der Waals surface area contributed by atoms with Crippen molar-refractivity contribution in [2.24, 2.45) is 0 Å². The van der Waals surface area contributed by atoms with Crippen LogP contribution < -0.4 is 10.6 Å². The number of nitrogens with one attached hydrogen (secondary N) is 2. The Hall–Kier alpha value is -3.72. The predicted octanol–water partition coefficient (Wildman–Crippen LogP) is 5.43. The van der Waals surface area contributed by atoms with Gasteiger partial charge in [-0.15, -0.1) is 11.3 Å². The van der Waals surface area contributed by atoms with Crippen molar-refractivity contribution in [2.45, 2.75) is 63.6 Å². The smallest absolute Gasteiger partial charge is 0.410 e. The molecule has 1 aliphatic heterocycles. The lowest BCUT2D eigenvalue weighted by Gasteiger charge is -2.27. The number of hydrogen-bond acceptors (Lipinski definition) is 6. The molecule has 198 valence electrons. The third kappa shape index (κ3) is 6.22.